The lowest BCUT2D eigenvalue weighted by Crippen LogP contribution is -2.45. The van der Waals surface area contributed by atoms with Crippen molar-refractivity contribution in [2.45, 2.75) is 12.8 Å². The number of primary amides is 1. The summed E-state index contributed by atoms with van der Waals surface area (Å²) in [5.74, 6) is -0.549. The Morgan fingerprint density at radius 2 is 2.00 bits per heavy atom. The standard InChI is InChI=1S/C13H17N3O2/c14-12(17)10-5-4-8-16(9-10)13(18)15-11-6-2-1-3-7-11/h1-3,6-7,10H,4-5,8-9H2,(H2,14,17)(H,15,18). The molecule has 1 saturated heterocycles. The SMILES string of the molecule is NC(=O)C1CCCN(C(=O)Nc2ccccc2)C1. The summed E-state index contributed by atoms with van der Waals surface area (Å²) in [6, 6.07) is 9.09. The van der Waals surface area contributed by atoms with Crippen LogP contribution in [-0.2, 0) is 4.79 Å². The van der Waals surface area contributed by atoms with Gasteiger partial charge in [-0.3, -0.25) is 4.79 Å². The van der Waals surface area contributed by atoms with Gasteiger partial charge >= 0.3 is 6.03 Å². The number of anilines is 1. The van der Waals surface area contributed by atoms with Gasteiger partial charge in [-0.1, -0.05) is 18.2 Å². The van der Waals surface area contributed by atoms with E-state index in [-0.39, 0.29) is 17.9 Å². The monoisotopic (exact) mass is 247 g/mol. The lowest BCUT2D eigenvalue weighted by Gasteiger charge is -2.31. The van der Waals surface area contributed by atoms with Crippen molar-refractivity contribution in [3.63, 3.8) is 0 Å². The molecule has 5 heteroatoms. The molecule has 1 atom stereocenters. The van der Waals surface area contributed by atoms with Gasteiger partial charge in [-0.25, -0.2) is 4.79 Å². The van der Waals surface area contributed by atoms with Gasteiger partial charge in [0.1, 0.15) is 0 Å². The largest absolute Gasteiger partial charge is 0.369 e. The molecule has 1 heterocycles. The normalized spacial score (nSPS) is 19.3. The van der Waals surface area contributed by atoms with E-state index in [9.17, 15) is 9.59 Å². The number of urea groups is 1. The summed E-state index contributed by atoms with van der Waals surface area (Å²) in [4.78, 5) is 24.8. The van der Waals surface area contributed by atoms with Crippen LogP contribution in [0.5, 0.6) is 0 Å². The Hall–Kier alpha value is -2.04. The Kier molecular flexibility index (Phi) is 3.82. The van der Waals surface area contributed by atoms with Gasteiger partial charge in [0.15, 0.2) is 0 Å². The van der Waals surface area contributed by atoms with E-state index in [2.05, 4.69) is 5.32 Å². The zero-order chi connectivity index (χ0) is 13.0. The second-order valence-electron chi connectivity index (χ2n) is 4.48. The van der Waals surface area contributed by atoms with Crippen LogP contribution in [0.2, 0.25) is 0 Å². The van der Waals surface area contributed by atoms with Crippen LogP contribution in [0, 0.1) is 5.92 Å². The smallest absolute Gasteiger partial charge is 0.321 e. The number of nitrogens with one attached hydrogen (secondary N) is 1. The lowest BCUT2D eigenvalue weighted by atomic mass is 9.98. The first kappa shape index (κ1) is 12.4. The summed E-state index contributed by atoms with van der Waals surface area (Å²) in [5.41, 5.74) is 6.04. The molecule has 0 bridgehead atoms. The molecule has 0 saturated carbocycles. The van der Waals surface area contributed by atoms with Gasteiger partial charge in [-0.2, -0.15) is 0 Å². The molecule has 3 N–H and O–H groups in total. The van der Waals surface area contributed by atoms with E-state index in [1.165, 1.54) is 0 Å². The second-order valence-corrected chi connectivity index (χ2v) is 4.48. The molecule has 1 aliphatic rings. The van der Waals surface area contributed by atoms with Crippen molar-refractivity contribution >= 4 is 17.6 Å². The number of rotatable bonds is 2. The van der Waals surface area contributed by atoms with Crippen LogP contribution in [0.4, 0.5) is 10.5 Å². The van der Waals surface area contributed by atoms with E-state index < -0.39 is 0 Å². The molecule has 3 amide bonds. The van der Waals surface area contributed by atoms with E-state index in [0.717, 1.165) is 18.5 Å². The summed E-state index contributed by atoms with van der Waals surface area (Å²) < 4.78 is 0. The van der Waals surface area contributed by atoms with Gasteiger partial charge in [-0.15, -0.1) is 0 Å². The van der Waals surface area contributed by atoms with Gasteiger partial charge in [0.2, 0.25) is 5.91 Å². The second kappa shape index (κ2) is 5.53. The zero-order valence-corrected chi connectivity index (χ0v) is 10.1. The molecule has 5 nitrogen and oxygen atoms in total. The Balaban J connectivity index is 1.95. The van der Waals surface area contributed by atoms with Crippen molar-refractivity contribution in [2.24, 2.45) is 11.7 Å². The van der Waals surface area contributed by atoms with E-state index in [0.29, 0.717) is 13.1 Å². The number of para-hydroxylation sites is 1. The van der Waals surface area contributed by atoms with Crippen LogP contribution in [0.1, 0.15) is 12.8 Å². The van der Waals surface area contributed by atoms with Crippen molar-refractivity contribution in [1.82, 2.24) is 4.90 Å². The first-order valence-electron chi connectivity index (χ1n) is 6.07. The number of hydrogen-bond acceptors (Lipinski definition) is 2. The Bertz CT molecular complexity index is 433. The number of hydrogen-bond donors (Lipinski definition) is 2. The quantitative estimate of drug-likeness (QED) is 0.829. The third kappa shape index (κ3) is 3.00. The number of nitrogens with zero attached hydrogens (tertiary/aromatic N) is 1. The average Bonchev–Trinajstić information content (AvgIpc) is 2.40. The molecule has 96 valence electrons. The summed E-state index contributed by atoms with van der Waals surface area (Å²) >= 11 is 0. The summed E-state index contributed by atoms with van der Waals surface area (Å²) in [6.07, 6.45) is 1.58. The number of carbonyl (C=O) groups is 2. The van der Waals surface area contributed by atoms with Crippen molar-refractivity contribution in [3.05, 3.63) is 30.3 Å². The fourth-order valence-corrected chi connectivity index (χ4v) is 2.12. The minimum atomic E-state index is -0.327. The summed E-state index contributed by atoms with van der Waals surface area (Å²) in [6.45, 7) is 1.08. The van der Waals surface area contributed by atoms with Crippen LogP contribution < -0.4 is 11.1 Å². The molecule has 2 rings (SSSR count). The third-order valence-corrected chi connectivity index (χ3v) is 3.14. The highest BCUT2D eigenvalue weighted by atomic mass is 16.2. The number of likely N-dealkylation sites (tertiary alicyclic amines) is 1. The molecular weight excluding hydrogens is 230 g/mol. The Morgan fingerprint density at radius 1 is 1.28 bits per heavy atom. The minimum absolute atomic E-state index is 0.174. The van der Waals surface area contributed by atoms with Crippen LogP contribution in [-0.4, -0.2) is 29.9 Å². The van der Waals surface area contributed by atoms with Crippen molar-refractivity contribution in [2.75, 3.05) is 18.4 Å². The lowest BCUT2D eigenvalue weighted by molar-refractivity contribution is -0.123. The highest BCUT2D eigenvalue weighted by molar-refractivity contribution is 5.89. The fraction of sp³-hybridized carbons (Fsp3) is 0.385. The first-order valence-corrected chi connectivity index (χ1v) is 6.07. The fourth-order valence-electron chi connectivity index (χ4n) is 2.12. The number of nitrogens with two attached hydrogens (primary N) is 1. The average molecular weight is 247 g/mol. The van der Waals surface area contributed by atoms with Crippen LogP contribution >= 0.6 is 0 Å². The number of amides is 3. The molecule has 1 fully saturated rings. The molecule has 0 spiro atoms. The Labute approximate surface area is 106 Å². The van der Waals surface area contributed by atoms with Crippen LogP contribution in [0.15, 0.2) is 30.3 Å². The predicted octanol–water partition coefficient (Wildman–Crippen LogP) is 1.42. The molecule has 1 aromatic carbocycles. The topological polar surface area (TPSA) is 75.4 Å². The third-order valence-electron chi connectivity index (χ3n) is 3.14. The van der Waals surface area contributed by atoms with E-state index in [1.54, 1.807) is 4.90 Å². The van der Waals surface area contributed by atoms with Crippen molar-refractivity contribution in [3.8, 4) is 0 Å². The van der Waals surface area contributed by atoms with E-state index in [4.69, 9.17) is 5.73 Å². The number of carbonyl (C=O) groups excluding carboxylic acids is 2. The Morgan fingerprint density at radius 3 is 2.67 bits per heavy atom. The molecule has 1 unspecified atom stereocenters. The van der Waals surface area contributed by atoms with Crippen LogP contribution in [0.25, 0.3) is 0 Å². The molecule has 1 aromatic rings. The van der Waals surface area contributed by atoms with E-state index >= 15 is 0 Å². The predicted molar refractivity (Wildman–Crippen MR) is 69.0 cm³/mol. The van der Waals surface area contributed by atoms with Gasteiger partial charge in [-0.05, 0) is 25.0 Å². The highest BCUT2D eigenvalue weighted by Crippen LogP contribution is 2.17. The van der Waals surface area contributed by atoms with Gasteiger partial charge < -0.3 is 16.0 Å². The number of benzene rings is 1. The summed E-state index contributed by atoms with van der Waals surface area (Å²) in [7, 11) is 0. The van der Waals surface area contributed by atoms with Crippen molar-refractivity contribution in [1.29, 1.82) is 0 Å². The molecule has 0 radical (unpaired) electrons. The number of piperidine rings is 1. The summed E-state index contributed by atoms with van der Waals surface area (Å²) in [5, 5.41) is 2.81. The maximum absolute atomic E-state index is 12.0. The maximum atomic E-state index is 12.0. The molecule has 18 heavy (non-hydrogen) atoms. The molecule has 1 aliphatic heterocycles. The first-order chi connectivity index (χ1) is 8.66. The molecule has 0 aliphatic carbocycles. The van der Waals surface area contributed by atoms with Crippen molar-refractivity contribution < 1.29 is 9.59 Å². The van der Waals surface area contributed by atoms with Gasteiger partial charge in [0.25, 0.3) is 0 Å². The minimum Gasteiger partial charge on any atom is -0.369 e. The van der Waals surface area contributed by atoms with Gasteiger partial charge in [0.05, 0.1) is 5.92 Å². The maximum Gasteiger partial charge on any atom is 0.321 e. The molecule has 0 aromatic heterocycles. The molecular formula is C13H17N3O2. The zero-order valence-electron chi connectivity index (χ0n) is 10.1. The van der Waals surface area contributed by atoms with Crippen LogP contribution in [0.3, 0.4) is 0 Å². The highest BCUT2D eigenvalue weighted by Gasteiger charge is 2.26. The van der Waals surface area contributed by atoms with Gasteiger partial charge in [0, 0.05) is 18.8 Å². The van der Waals surface area contributed by atoms with E-state index in [1.807, 2.05) is 30.3 Å².